The van der Waals surface area contributed by atoms with Crippen LogP contribution in [0.2, 0.25) is 0 Å². The molecule has 78 valence electrons. The zero-order chi connectivity index (χ0) is 10.7. The van der Waals surface area contributed by atoms with Gasteiger partial charge in [-0.05, 0) is 6.07 Å². The minimum Gasteiger partial charge on any atom is -0.481 e. The summed E-state index contributed by atoms with van der Waals surface area (Å²) < 4.78 is 9.92. The van der Waals surface area contributed by atoms with Crippen molar-refractivity contribution in [2.75, 3.05) is 14.2 Å². The summed E-state index contributed by atoms with van der Waals surface area (Å²) in [7, 11) is 3.15. The van der Waals surface area contributed by atoms with Crippen molar-refractivity contribution in [1.29, 1.82) is 0 Å². The van der Waals surface area contributed by atoms with Crippen LogP contribution in [-0.2, 0) is 0 Å². The Kier molecular flexibility index (Phi) is 2.53. The fourth-order valence-electron chi connectivity index (χ4n) is 1.21. The van der Waals surface area contributed by atoms with Crippen molar-refractivity contribution in [2.24, 2.45) is 0 Å². The van der Waals surface area contributed by atoms with Gasteiger partial charge in [-0.2, -0.15) is 4.98 Å². The van der Waals surface area contributed by atoms with Gasteiger partial charge in [-0.25, -0.2) is 4.98 Å². The van der Waals surface area contributed by atoms with Crippen LogP contribution in [0.3, 0.4) is 0 Å². The molecule has 0 aliphatic carbocycles. The average molecular weight is 205 g/mol. The monoisotopic (exact) mass is 205 g/mol. The zero-order valence-corrected chi connectivity index (χ0v) is 8.52. The number of imidazole rings is 1. The fourth-order valence-corrected chi connectivity index (χ4v) is 1.21. The number of methoxy groups -OCH3 is 2. The number of aromatic nitrogens is 3. The summed E-state index contributed by atoms with van der Waals surface area (Å²) in [6.45, 7) is 0. The predicted octanol–water partition coefficient (Wildman–Crippen LogP) is 1.49. The van der Waals surface area contributed by atoms with E-state index in [9.17, 15) is 0 Å². The normalized spacial score (nSPS) is 10.0. The first-order chi connectivity index (χ1) is 7.33. The molecular formula is C10H11N3O2. The van der Waals surface area contributed by atoms with Gasteiger partial charge in [0.15, 0.2) is 0 Å². The molecule has 0 aromatic carbocycles. The molecule has 0 radical (unpaired) electrons. The van der Waals surface area contributed by atoms with E-state index in [1.165, 1.54) is 0 Å². The summed E-state index contributed by atoms with van der Waals surface area (Å²) in [5, 5.41) is 0. The van der Waals surface area contributed by atoms with Crippen molar-refractivity contribution < 1.29 is 9.47 Å². The Morgan fingerprint density at radius 2 is 2.07 bits per heavy atom. The summed E-state index contributed by atoms with van der Waals surface area (Å²) in [4.78, 5) is 11.2. The van der Waals surface area contributed by atoms with Gasteiger partial charge in [0.1, 0.15) is 0 Å². The van der Waals surface area contributed by atoms with E-state index in [-0.39, 0.29) is 0 Å². The maximum Gasteiger partial charge on any atom is 0.293 e. The highest BCUT2D eigenvalue weighted by Crippen LogP contribution is 2.19. The smallest absolute Gasteiger partial charge is 0.293 e. The maximum absolute atomic E-state index is 4.97. The number of pyridine rings is 1. The Bertz CT molecular complexity index is 436. The quantitative estimate of drug-likeness (QED) is 0.824. The first-order valence-corrected chi connectivity index (χ1v) is 4.43. The molecular weight excluding hydrogens is 194 g/mol. The molecule has 2 heterocycles. The van der Waals surface area contributed by atoms with Crippen molar-refractivity contribution in [2.45, 2.75) is 0 Å². The molecule has 2 aromatic rings. The molecule has 1 N–H and O–H groups in total. The third-order valence-corrected chi connectivity index (χ3v) is 1.99. The van der Waals surface area contributed by atoms with Crippen molar-refractivity contribution in [3.8, 4) is 23.1 Å². The molecule has 5 nitrogen and oxygen atoms in total. The molecule has 5 heteroatoms. The number of nitrogens with one attached hydrogen (secondary N) is 1. The number of hydrogen-bond donors (Lipinski definition) is 1. The van der Waals surface area contributed by atoms with Crippen LogP contribution < -0.4 is 9.47 Å². The molecule has 0 fully saturated rings. The van der Waals surface area contributed by atoms with E-state index in [1.807, 2.05) is 6.07 Å². The second kappa shape index (κ2) is 4.00. The molecule has 0 amide bonds. The lowest BCUT2D eigenvalue weighted by molar-refractivity contribution is 0.384. The molecule has 0 atom stereocenters. The lowest BCUT2D eigenvalue weighted by Gasteiger charge is -1.98. The molecule has 0 aliphatic heterocycles. The Balaban J connectivity index is 2.28. The van der Waals surface area contributed by atoms with E-state index < -0.39 is 0 Å². The topological polar surface area (TPSA) is 60.0 Å². The number of aromatic amines is 1. The second-order valence-electron chi connectivity index (χ2n) is 2.88. The molecule has 0 aliphatic rings. The van der Waals surface area contributed by atoms with Gasteiger partial charge in [0.05, 0.1) is 19.9 Å². The van der Waals surface area contributed by atoms with Gasteiger partial charge in [-0.15, -0.1) is 0 Å². The van der Waals surface area contributed by atoms with Crippen molar-refractivity contribution >= 4 is 0 Å². The van der Waals surface area contributed by atoms with Crippen LogP contribution in [0.4, 0.5) is 0 Å². The Hall–Kier alpha value is -2.04. The molecule has 15 heavy (non-hydrogen) atoms. The number of nitrogens with zero attached hydrogens (tertiary/aromatic N) is 2. The highest BCUT2D eigenvalue weighted by molar-refractivity contribution is 5.57. The third-order valence-electron chi connectivity index (χ3n) is 1.99. The number of rotatable bonds is 3. The van der Waals surface area contributed by atoms with E-state index in [4.69, 9.17) is 9.47 Å². The lowest BCUT2D eigenvalue weighted by atomic mass is 10.2. The van der Waals surface area contributed by atoms with Crippen LogP contribution >= 0.6 is 0 Å². The van der Waals surface area contributed by atoms with Crippen LogP contribution in [-0.4, -0.2) is 29.2 Å². The number of H-pyrrole nitrogens is 1. The molecule has 0 bridgehead atoms. The van der Waals surface area contributed by atoms with Crippen LogP contribution in [0.1, 0.15) is 0 Å². The van der Waals surface area contributed by atoms with Gasteiger partial charge in [0.25, 0.3) is 6.01 Å². The van der Waals surface area contributed by atoms with Gasteiger partial charge >= 0.3 is 0 Å². The van der Waals surface area contributed by atoms with Gasteiger partial charge in [-0.1, -0.05) is 0 Å². The molecule has 0 spiro atoms. The van der Waals surface area contributed by atoms with Crippen molar-refractivity contribution in [3.63, 3.8) is 0 Å². The summed E-state index contributed by atoms with van der Waals surface area (Å²) in [5.41, 5.74) is 1.71. The van der Waals surface area contributed by atoms with Crippen molar-refractivity contribution in [3.05, 3.63) is 24.5 Å². The highest BCUT2D eigenvalue weighted by Gasteiger charge is 2.04. The van der Waals surface area contributed by atoms with E-state index >= 15 is 0 Å². The minimum atomic E-state index is 0.487. The number of ether oxygens (including phenoxy) is 2. The van der Waals surface area contributed by atoms with Crippen LogP contribution in [0.15, 0.2) is 24.5 Å². The SMILES string of the molecule is COc1ccc(-c2c[nH]c(OC)n2)cn1. The fraction of sp³-hybridized carbons (Fsp3) is 0.200. The molecule has 0 saturated heterocycles. The largest absolute Gasteiger partial charge is 0.481 e. The second-order valence-corrected chi connectivity index (χ2v) is 2.88. The first-order valence-electron chi connectivity index (χ1n) is 4.43. The van der Waals surface area contributed by atoms with E-state index in [1.54, 1.807) is 32.7 Å². The Labute approximate surface area is 87.1 Å². The minimum absolute atomic E-state index is 0.487. The van der Waals surface area contributed by atoms with Crippen molar-refractivity contribution in [1.82, 2.24) is 15.0 Å². The van der Waals surface area contributed by atoms with Gasteiger partial charge in [0.2, 0.25) is 5.88 Å². The third kappa shape index (κ3) is 1.90. The maximum atomic E-state index is 4.97. The number of hydrogen-bond acceptors (Lipinski definition) is 4. The van der Waals surface area contributed by atoms with E-state index in [0.29, 0.717) is 11.9 Å². The average Bonchev–Trinajstić information content (AvgIpc) is 2.78. The first kappa shape index (κ1) is 9.51. The predicted molar refractivity (Wildman–Crippen MR) is 54.9 cm³/mol. The van der Waals surface area contributed by atoms with Crippen LogP contribution in [0.25, 0.3) is 11.3 Å². The lowest BCUT2D eigenvalue weighted by Crippen LogP contribution is -1.87. The van der Waals surface area contributed by atoms with E-state index in [2.05, 4.69) is 15.0 Å². The summed E-state index contributed by atoms with van der Waals surface area (Å²) in [6, 6.07) is 4.17. The molecule has 0 unspecified atom stereocenters. The van der Waals surface area contributed by atoms with E-state index in [0.717, 1.165) is 11.3 Å². The van der Waals surface area contributed by atoms with Crippen LogP contribution in [0.5, 0.6) is 11.9 Å². The standard InChI is InChI=1S/C10H11N3O2/c1-14-9-4-3-7(5-11-9)8-6-12-10(13-8)15-2/h3-6H,1-2H3,(H,12,13). The Morgan fingerprint density at radius 1 is 1.20 bits per heavy atom. The van der Waals surface area contributed by atoms with Crippen LogP contribution in [0, 0.1) is 0 Å². The molecule has 2 aromatic heterocycles. The molecule has 2 rings (SSSR count). The zero-order valence-electron chi connectivity index (χ0n) is 8.52. The summed E-state index contributed by atoms with van der Waals surface area (Å²) in [5.74, 6) is 0.584. The summed E-state index contributed by atoms with van der Waals surface area (Å²) in [6.07, 6.45) is 3.47. The summed E-state index contributed by atoms with van der Waals surface area (Å²) >= 11 is 0. The van der Waals surface area contributed by atoms with Gasteiger partial charge in [-0.3, -0.25) is 0 Å². The highest BCUT2D eigenvalue weighted by atomic mass is 16.5. The van der Waals surface area contributed by atoms with Gasteiger partial charge < -0.3 is 14.5 Å². The molecule has 0 saturated carbocycles. The van der Waals surface area contributed by atoms with Gasteiger partial charge in [0, 0.05) is 24.0 Å². The Morgan fingerprint density at radius 3 is 2.60 bits per heavy atom.